The molecule has 1 unspecified atom stereocenters. The Bertz CT molecular complexity index is 2960. The van der Waals surface area contributed by atoms with E-state index in [4.69, 9.17) is 25.9 Å². The van der Waals surface area contributed by atoms with Crippen LogP contribution in [0.2, 0.25) is 0 Å². The third kappa shape index (κ3) is 10.5. The minimum Gasteiger partial charge on any atom is -0.494 e. The van der Waals surface area contributed by atoms with Gasteiger partial charge in [0.25, 0.3) is 17.7 Å². The Morgan fingerprint density at radius 1 is 0.841 bits per heavy atom. The standard InChI is InChI=1S/C46H54N14O9/c1-7-59-26(3)20-32(53-59)43(66)51-45-49-30-22-28(41(47)64)24-34(68-6)39(30)57(45)16-9-10-17-58-40-31(50-46(58)52-44(67)33-21-27(4)60(8-2)54-33)23-29(42(48)65)25-35(40)69-19-11-15-55(5)36(61)14-18-56-37(62)12-13-38(56)63/h9-10,12-13,20-25,32,53H,7-8,11,14-19H2,1-6H3,(H2,47,64)(H2,48,65)(H,49,51,66)(H,50,52,67)/b10-9+. The first kappa shape index (κ1) is 48.6. The second kappa shape index (κ2) is 20.7. The Morgan fingerprint density at radius 2 is 1.43 bits per heavy atom. The Hall–Kier alpha value is -8.34. The van der Waals surface area contributed by atoms with Crippen LogP contribution in [0.3, 0.4) is 0 Å². The summed E-state index contributed by atoms with van der Waals surface area (Å²) in [5.41, 5.74) is 18.1. The molecule has 7 amide bonds. The van der Waals surface area contributed by atoms with Gasteiger partial charge in [-0.25, -0.2) is 15.4 Å². The molecule has 0 aliphatic carbocycles. The number of carbonyl (C=O) groups is 7. The predicted octanol–water partition coefficient (Wildman–Crippen LogP) is 2.22. The van der Waals surface area contributed by atoms with Crippen molar-refractivity contribution < 1.29 is 43.0 Å². The number of benzene rings is 2. The highest BCUT2D eigenvalue weighted by atomic mass is 16.5. The number of hydrogen-bond acceptors (Lipinski definition) is 14. The minimum atomic E-state index is -0.746. The van der Waals surface area contributed by atoms with E-state index in [0.717, 1.165) is 28.4 Å². The highest BCUT2D eigenvalue weighted by Gasteiger charge is 2.28. The number of nitrogens with two attached hydrogens (primary N) is 2. The molecule has 23 nitrogen and oxygen atoms in total. The summed E-state index contributed by atoms with van der Waals surface area (Å²) in [6.45, 7) is 9.26. The topological polar surface area (TPSA) is 289 Å². The highest BCUT2D eigenvalue weighted by Crippen LogP contribution is 2.33. The zero-order valence-corrected chi connectivity index (χ0v) is 39.1. The van der Waals surface area contributed by atoms with Gasteiger partial charge in [0, 0.05) is 87.4 Å². The molecule has 0 saturated heterocycles. The molecule has 0 radical (unpaired) electrons. The first-order chi connectivity index (χ1) is 33.0. The van der Waals surface area contributed by atoms with E-state index in [1.807, 2.05) is 32.7 Å². The SMILES string of the molecule is CCN1NC(C(=O)Nc2nc3cc(C(N)=O)cc(OC)c3n2C/C=C/Cn2c(NC(=O)c3cc(C)n(CC)n3)nc3cc(C(N)=O)cc(OCCCN(C)C(=O)CCN4C(=O)C=CC4=O)c32)C=C1C. The molecule has 0 spiro atoms. The lowest BCUT2D eigenvalue weighted by atomic mass is 10.1. The van der Waals surface area contributed by atoms with Crippen LogP contribution in [0.1, 0.15) is 70.5 Å². The molecule has 7 N–H and O–H groups in total. The van der Waals surface area contributed by atoms with Gasteiger partial charge >= 0.3 is 0 Å². The van der Waals surface area contributed by atoms with Gasteiger partial charge in [-0.2, -0.15) is 5.10 Å². The Kier molecular flexibility index (Phi) is 14.6. The summed E-state index contributed by atoms with van der Waals surface area (Å²) in [7, 11) is 3.04. The van der Waals surface area contributed by atoms with Crippen molar-refractivity contribution in [1.29, 1.82) is 0 Å². The van der Waals surface area contributed by atoms with Crippen LogP contribution >= 0.6 is 0 Å². The van der Waals surface area contributed by atoms with Gasteiger partial charge in [0.15, 0.2) is 5.69 Å². The zero-order valence-electron chi connectivity index (χ0n) is 39.1. The number of anilines is 2. The number of primary amides is 2. The summed E-state index contributed by atoms with van der Waals surface area (Å²) in [5.74, 6) is -2.80. The number of aryl methyl sites for hydroxylation is 2. The van der Waals surface area contributed by atoms with Gasteiger partial charge < -0.3 is 40.0 Å². The number of aromatic nitrogens is 6. The maximum Gasteiger partial charge on any atom is 0.278 e. The van der Waals surface area contributed by atoms with Gasteiger partial charge in [-0.15, -0.1) is 0 Å². The number of amides is 7. The maximum atomic E-state index is 13.7. The van der Waals surface area contributed by atoms with Crippen LogP contribution in [-0.2, 0) is 38.8 Å². The van der Waals surface area contributed by atoms with Crippen molar-refractivity contribution in [3.05, 3.63) is 88.9 Å². The van der Waals surface area contributed by atoms with E-state index in [-0.39, 0.29) is 96.8 Å². The third-order valence-corrected chi connectivity index (χ3v) is 11.6. The number of imide groups is 1. The van der Waals surface area contributed by atoms with Crippen LogP contribution in [0, 0.1) is 6.92 Å². The smallest absolute Gasteiger partial charge is 0.278 e. The Morgan fingerprint density at radius 3 is 1.99 bits per heavy atom. The fourth-order valence-corrected chi connectivity index (χ4v) is 7.98. The summed E-state index contributed by atoms with van der Waals surface area (Å²) < 4.78 is 17.1. The molecule has 7 rings (SSSR count). The molecule has 2 aromatic carbocycles. The summed E-state index contributed by atoms with van der Waals surface area (Å²) in [6.07, 6.45) is 8.01. The number of hydrazine groups is 1. The zero-order chi connectivity index (χ0) is 49.7. The second-order valence-electron chi connectivity index (χ2n) is 16.2. The average Bonchev–Trinajstić information content (AvgIpc) is 4.14. The number of rotatable bonds is 21. The molecule has 5 heterocycles. The van der Waals surface area contributed by atoms with Gasteiger partial charge in [-0.3, -0.25) is 53.8 Å². The molecule has 2 aliphatic rings. The normalized spacial score (nSPS) is 14.6. The minimum absolute atomic E-state index is 0.0456. The van der Waals surface area contributed by atoms with E-state index in [1.165, 1.54) is 36.3 Å². The van der Waals surface area contributed by atoms with Gasteiger partial charge in [-0.1, -0.05) is 12.2 Å². The number of fused-ring (bicyclic) bond motifs is 2. The van der Waals surface area contributed by atoms with Crippen LogP contribution in [0.25, 0.3) is 22.1 Å². The first-order valence-corrected chi connectivity index (χ1v) is 22.2. The number of ether oxygens (including phenoxy) is 2. The van der Waals surface area contributed by atoms with Gasteiger partial charge in [-0.05, 0) is 70.5 Å². The number of nitrogens with one attached hydrogen (secondary N) is 3. The number of methoxy groups -OCH3 is 1. The van der Waals surface area contributed by atoms with Crippen molar-refractivity contribution in [1.82, 2.24) is 49.1 Å². The van der Waals surface area contributed by atoms with Crippen molar-refractivity contribution in [3.63, 3.8) is 0 Å². The van der Waals surface area contributed by atoms with E-state index in [2.05, 4.69) is 26.1 Å². The molecule has 5 aromatic rings. The van der Waals surface area contributed by atoms with E-state index in [9.17, 15) is 33.6 Å². The van der Waals surface area contributed by atoms with Crippen LogP contribution in [0.15, 0.2) is 66.4 Å². The molecular weight excluding hydrogens is 893 g/mol. The number of nitrogens with zero attached hydrogens (tertiary/aromatic N) is 9. The van der Waals surface area contributed by atoms with Crippen molar-refractivity contribution >= 4 is 75.3 Å². The monoisotopic (exact) mass is 946 g/mol. The molecule has 69 heavy (non-hydrogen) atoms. The summed E-state index contributed by atoms with van der Waals surface area (Å²) >= 11 is 0. The molecule has 23 heteroatoms. The van der Waals surface area contributed by atoms with Crippen LogP contribution in [0.5, 0.6) is 11.5 Å². The quantitative estimate of drug-likeness (QED) is 0.0401. The lowest BCUT2D eigenvalue weighted by Crippen LogP contribution is -2.43. The van der Waals surface area contributed by atoms with E-state index >= 15 is 0 Å². The highest BCUT2D eigenvalue weighted by molar-refractivity contribution is 6.13. The van der Waals surface area contributed by atoms with Crippen LogP contribution in [0.4, 0.5) is 11.9 Å². The third-order valence-electron chi connectivity index (χ3n) is 11.6. The predicted molar refractivity (Wildman–Crippen MR) is 253 cm³/mol. The number of hydrogen-bond donors (Lipinski definition) is 5. The number of carbonyl (C=O) groups excluding carboxylic acids is 7. The number of imidazole rings is 2. The average molecular weight is 947 g/mol. The van der Waals surface area contributed by atoms with Crippen molar-refractivity contribution in [2.75, 3.05) is 51.0 Å². The van der Waals surface area contributed by atoms with Crippen molar-refractivity contribution in [2.24, 2.45) is 11.5 Å². The largest absolute Gasteiger partial charge is 0.494 e. The van der Waals surface area contributed by atoms with Gasteiger partial charge in [0.1, 0.15) is 28.6 Å². The lowest BCUT2D eigenvalue weighted by Gasteiger charge is -2.20. The molecule has 3 aromatic heterocycles. The van der Waals surface area contributed by atoms with E-state index in [0.29, 0.717) is 36.1 Å². The summed E-state index contributed by atoms with van der Waals surface area (Å²) in [5, 5.41) is 12.1. The van der Waals surface area contributed by atoms with E-state index < -0.39 is 35.6 Å². The molecule has 0 fully saturated rings. The fourth-order valence-electron chi connectivity index (χ4n) is 7.98. The summed E-state index contributed by atoms with van der Waals surface area (Å²) in [4.78, 5) is 101. The van der Waals surface area contributed by atoms with Gasteiger partial charge in [0.05, 0.1) is 24.8 Å². The number of allylic oxidation sites excluding steroid dienone is 3. The fraction of sp³-hybridized carbons (Fsp3) is 0.348. The Labute approximate surface area is 395 Å². The molecule has 0 saturated carbocycles. The first-order valence-electron chi connectivity index (χ1n) is 22.2. The molecular formula is C46H54N14O9. The molecule has 362 valence electrons. The van der Waals surface area contributed by atoms with Crippen molar-refractivity contribution in [2.45, 2.75) is 66.2 Å². The molecule has 2 aliphatic heterocycles. The maximum absolute atomic E-state index is 13.7. The van der Waals surface area contributed by atoms with Crippen LogP contribution in [-0.4, -0.2) is 131 Å². The molecule has 0 bridgehead atoms. The molecule has 1 atom stereocenters. The summed E-state index contributed by atoms with van der Waals surface area (Å²) in [6, 6.07) is 6.95. The van der Waals surface area contributed by atoms with E-state index in [1.54, 1.807) is 45.2 Å². The second-order valence-corrected chi connectivity index (χ2v) is 16.2. The van der Waals surface area contributed by atoms with Crippen molar-refractivity contribution in [3.8, 4) is 11.5 Å². The van der Waals surface area contributed by atoms with Crippen LogP contribution < -0.4 is 37.0 Å². The lowest BCUT2D eigenvalue weighted by molar-refractivity contribution is -0.138. The Balaban J connectivity index is 1.18. The van der Waals surface area contributed by atoms with Gasteiger partial charge in [0.2, 0.25) is 35.5 Å².